The van der Waals surface area contributed by atoms with Crippen molar-refractivity contribution in [2.45, 2.75) is 31.9 Å². The van der Waals surface area contributed by atoms with Crippen LogP contribution < -0.4 is 0 Å². The molecule has 0 saturated carbocycles. The summed E-state index contributed by atoms with van der Waals surface area (Å²) in [5, 5.41) is 19.8. The number of rotatable bonds is 7. The van der Waals surface area contributed by atoms with E-state index in [9.17, 15) is 10.2 Å². The second kappa shape index (κ2) is 7.97. The Morgan fingerprint density at radius 1 is 1.00 bits per heavy atom. The van der Waals surface area contributed by atoms with E-state index >= 15 is 0 Å². The van der Waals surface area contributed by atoms with Crippen molar-refractivity contribution in [1.29, 1.82) is 0 Å². The van der Waals surface area contributed by atoms with Gasteiger partial charge in [-0.15, -0.1) is 0 Å². The van der Waals surface area contributed by atoms with E-state index < -0.39 is 6.10 Å². The zero-order valence-corrected chi connectivity index (χ0v) is 13.3. The Labute approximate surface area is 132 Å². The van der Waals surface area contributed by atoms with Crippen LogP contribution in [0, 0.1) is 0 Å². The van der Waals surface area contributed by atoms with Crippen molar-refractivity contribution in [2.75, 3.05) is 13.6 Å². The highest BCUT2D eigenvalue weighted by Gasteiger charge is 2.20. The molecule has 3 nitrogen and oxygen atoms in total. The fourth-order valence-corrected chi connectivity index (χ4v) is 2.57. The zero-order valence-electron chi connectivity index (χ0n) is 13.3. The minimum absolute atomic E-state index is 0.0281. The lowest BCUT2D eigenvalue weighted by Crippen LogP contribution is -2.35. The van der Waals surface area contributed by atoms with E-state index in [1.807, 2.05) is 20.0 Å². The summed E-state index contributed by atoms with van der Waals surface area (Å²) in [4.78, 5) is 2.18. The second-order valence-corrected chi connectivity index (χ2v) is 5.85. The van der Waals surface area contributed by atoms with Crippen molar-refractivity contribution in [1.82, 2.24) is 4.90 Å². The van der Waals surface area contributed by atoms with Crippen LogP contribution in [0.5, 0.6) is 5.75 Å². The van der Waals surface area contributed by atoms with Crippen LogP contribution in [0.1, 0.15) is 30.6 Å². The van der Waals surface area contributed by atoms with E-state index in [-0.39, 0.29) is 11.8 Å². The molecule has 0 spiro atoms. The van der Waals surface area contributed by atoms with Gasteiger partial charge in [-0.05, 0) is 56.6 Å². The van der Waals surface area contributed by atoms with Gasteiger partial charge < -0.3 is 15.1 Å². The fraction of sp³-hybridized carbons (Fsp3) is 0.368. The standard InChI is InChI=1S/C19H25NO2/c1-15(19(22)17-10-12-18(21)13-11-17)20(2)14-6-9-16-7-4-3-5-8-16/h3-5,7-8,10-13,15,19,21-22H,6,9,14H2,1-2H3. The number of phenols is 1. The summed E-state index contributed by atoms with van der Waals surface area (Å²) in [7, 11) is 2.04. The fourth-order valence-electron chi connectivity index (χ4n) is 2.57. The lowest BCUT2D eigenvalue weighted by atomic mass is 10.0. The maximum atomic E-state index is 10.4. The predicted octanol–water partition coefficient (Wildman–Crippen LogP) is 3.38. The monoisotopic (exact) mass is 299 g/mol. The number of hydrogen-bond acceptors (Lipinski definition) is 3. The van der Waals surface area contributed by atoms with Gasteiger partial charge in [0.15, 0.2) is 0 Å². The van der Waals surface area contributed by atoms with Crippen LogP contribution in [-0.4, -0.2) is 34.7 Å². The Morgan fingerprint density at radius 3 is 2.27 bits per heavy atom. The van der Waals surface area contributed by atoms with Crippen molar-refractivity contribution >= 4 is 0 Å². The van der Waals surface area contributed by atoms with E-state index in [4.69, 9.17) is 0 Å². The number of aromatic hydroxyl groups is 1. The minimum atomic E-state index is -0.553. The van der Waals surface area contributed by atoms with E-state index in [1.165, 1.54) is 5.56 Å². The van der Waals surface area contributed by atoms with Gasteiger partial charge in [-0.25, -0.2) is 0 Å². The third-order valence-corrected chi connectivity index (χ3v) is 4.21. The van der Waals surface area contributed by atoms with Gasteiger partial charge in [0.1, 0.15) is 5.75 Å². The number of nitrogens with zero attached hydrogens (tertiary/aromatic N) is 1. The number of aliphatic hydroxyl groups is 1. The SMILES string of the molecule is CC(C(O)c1ccc(O)cc1)N(C)CCCc1ccccc1. The van der Waals surface area contributed by atoms with Gasteiger partial charge >= 0.3 is 0 Å². The van der Waals surface area contributed by atoms with E-state index in [0.29, 0.717) is 0 Å². The first-order valence-electron chi connectivity index (χ1n) is 7.79. The average molecular weight is 299 g/mol. The first-order valence-corrected chi connectivity index (χ1v) is 7.79. The molecule has 2 aromatic rings. The highest BCUT2D eigenvalue weighted by Crippen LogP contribution is 2.22. The van der Waals surface area contributed by atoms with Gasteiger partial charge in [0, 0.05) is 6.04 Å². The molecular weight excluding hydrogens is 274 g/mol. The van der Waals surface area contributed by atoms with Crippen LogP contribution in [0.2, 0.25) is 0 Å². The number of aliphatic hydroxyl groups excluding tert-OH is 1. The smallest absolute Gasteiger partial charge is 0.115 e. The van der Waals surface area contributed by atoms with Crippen LogP contribution in [-0.2, 0) is 6.42 Å². The summed E-state index contributed by atoms with van der Waals surface area (Å²) < 4.78 is 0. The number of aryl methyl sites for hydroxylation is 1. The topological polar surface area (TPSA) is 43.7 Å². The summed E-state index contributed by atoms with van der Waals surface area (Å²) in [5.74, 6) is 0.222. The Hall–Kier alpha value is -1.84. The largest absolute Gasteiger partial charge is 0.508 e. The summed E-state index contributed by atoms with van der Waals surface area (Å²) in [5.41, 5.74) is 2.18. The molecule has 0 fully saturated rings. The molecule has 0 radical (unpaired) electrons. The molecular formula is C19H25NO2. The van der Waals surface area contributed by atoms with Crippen LogP contribution >= 0.6 is 0 Å². The molecule has 2 N–H and O–H groups in total. The van der Waals surface area contributed by atoms with Crippen LogP contribution in [0.15, 0.2) is 54.6 Å². The molecule has 2 unspecified atom stereocenters. The molecule has 0 aromatic heterocycles. The molecule has 118 valence electrons. The van der Waals surface area contributed by atoms with Crippen molar-refractivity contribution in [2.24, 2.45) is 0 Å². The molecule has 0 bridgehead atoms. The normalized spacial score (nSPS) is 14.0. The molecule has 2 aromatic carbocycles. The quantitative estimate of drug-likeness (QED) is 0.824. The average Bonchev–Trinajstić information content (AvgIpc) is 2.55. The first kappa shape index (κ1) is 16.5. The van der Waals surface area contributed by atoms with Crippen LogP contribution in [0.25, 0.3) is 0 Å². The Bertz CT molecular complexity index is 553. The van der Waals surface area contributed by atoms with Gasteiger partial charge in [0.2, 0.25) is 0 Å². The highest BCUT2D eigenvalue weighted by atomic mass is 16.3. The molecule has 2 atom stereocenters. The minimum Gasteiger partial charge on any atom is -0.508 e. The van der Waals surface area contributed by atoms with Gasteiger partial charge in [0.05, 0.1) is 6.10 Å². The summed E-state index contributed by atoms with van der Waals surface area (Å²) in [6, 6.07) is 17.3. The lowest BCUT2D eigenvalue weighted by Gasteiger charge is -2.29. The van der Waals surface area contributed by atoms with Gasteiger partial charge in [-0.1, -0.05) is 42.5 Å². The van der Waals surface area contributed by atoms with Crippen molar-refractivity contribution in [3.63, 3.8) is 0 Å². The Kier molecular flexibility index (Phi) is 5.99. The molecule has 3 heteroatoms. The zero-order chi connectivity index (χ0) is 15.9. The molecule has 0 saturated heterocycles. The lowest BCUT2D eigenvalue weighted by molar-refractivity contribution is 0.0720. The molecule has 0 heterocycles. The summed E-state index contributed by atoms with van der Waals surface area (Å²) in [6.07, 6.45) is 1.56. The van der Waals surface area contributed by atoms with Crippen molar-refractivity contribution in [3.8, 4) is 5.75 Å². The predicted molar refractivity (Wildman–Crippen MR) is 89.9 cm³/mol. The second-order valence-electron chi connectivity index (χ2n) is 5.85. The molecule has 22 heavy (non-hydrogen) atoms. The highest BCUT2D eigenvalue weighted by molar-refractivity contribution is 5.27. The van der Waals surface area contributed by atoms with Crippen LogP contribution in [0.4, 0.5) is 0 Å². The molecule has 0 amide bonds. The maximum Gasteiger partial charge on any atom is 0.115 e. The third kappa shape index (κ3) is 4.58. The van der Waals surface area contributed by atoms with Gasteiger partial charge in [0.25, 0.3) is 0 Å². The molecule has 0 aliphatic rings. The molecule has 2 rings (SSSR count). The van der Waals surface area contributed by atoms with E-state index in [1.54, 1.807) is 24.3 Å². The maximum absolute atomic E-state index is 10.4. The van der Waals surface area contributed by atoms with Crippen molar-refractivity contribution in [3.05, 3.63) is 65.7 Å². The number of likely N-dealkylation sites (N-methyl/N-ethyl adjacent to an activating group) is 1. The van der Waals surface area contributed by atoms with E-state index in [0.717, 1.165) is 24.9 Å². The van der Waals surface area contributed by atoms with E-state index in [2.05, 4.69) is 29.2 Å². The summed E-state index contributed by atoms with van der Waals surface area (Å²) in [6.45, 7) is 2.96. The Balaban J connectivity index is 1.83. The van der Waals surface area contributed by atoms with Gasteiger partial charge in [-0.2, -0.15) is 0 Å². The first-order chi connectivity index (χ1) is 10.6. The number of phenolic OH excluding ortho intramolecular Hbond substituents is 1. The number of hydrogen-bond donors (Lipinski definition) is 2. The van der Waals surface area contributed by atoms with Crippen LogP contribution in [0.3, 0.4) is 0 Å². The molecule has 0 aliphatic heterocycles. The Morgan fingerprint density at radius 2 is 1.64 bits per heavy atom. The number of benzene rings is 2. The molecule has 0 aliphatic carbocycles. The third-order valence-electron chi connectivity index (χ3n) is 4.21. The summed E-state index contributed by atoms with van der Waals surface area (Å²) >= 11 is 0. The van der Waals surface area contributed by atoms with Gasteiger partial charge in [-0.3, -0.25) is 0 Å². The van der Waals surface area contributed by atoms with Crippen molar-refractivity contribution < 1.29 is 10.2 Å².